The Bertz CT molecular complexity index is 492. The van der Waals surface area contributed by atoms with Crippen LogP contribution in [0, 0.1) is 29.1 Å². The molecule has 0 aromatic carbocycles. The molecule has 0 unspecified atom stereocenters. The summed E-state index contributed by atoms with van der Waals surface area (Å²) >= 11 is 0. The maximum Gasteiger partial charge on any atom is 0.334 e. The molecule has 0 N–H and O–H groups in total. The van der Waals surface area contributed by atoms with Crippen molar-refractivity contribution in [3.05, 3.63) is 24.3 Å². The van der Waals surface area contributed by atoms with Crippen molar-refractivity contribution in [3.8, 4) is 0 Å². The van der Waals surface area contributed by atoms with Gasteiger partial charge in [0.05, 0.1) is 14.2 Å². The van der Waals surface area contributed by atoms with Crippen molar-refractivity contribution in [2.24, 2.45) is 29.1 Å². The Balaban J connectivity index is 1.88. The zero-order valence-electron chi connectivity index (χ0n) is 11.2. The van der Waals surface area contributed by atoms with Crippen LogP contribution < -0.4 is 0 Å². The van der Waals surface area contributed by atoms with E-state index in [0.717, 1.165) is 6.42 Å². The molecule has 0 radical (unpaired) electrons. The summed E-state index contributed by atoms with van der Waals surface area (Å²) in [7, 11) is 2.66. The molecule has 3 fully saturated rings. The van der Waals surface area contributed by atoms with E-state index in [1.54, 1.807) is 0 Å². The second-order valence-electron chi connectivity index (χ2n) is 5.66. The molecule has 4 nitrogen and oxygen atoms in total. The Morgan fingerprint density at radius 1 is 1.21 bits per heavy atom. The second-order valence-corrected chi connectivity index (χ2v) is 5.66. The first-order chi connectivity index (χ1) is 9.11. The number of hydrogen-bond donors (Lipinski definition) is 0. The number of fused-ring (bicyclic) bond motifs is 1. The summed E-state index contributed by atoms with van der Waals surface area (Å²) in [4.78, 5) is 23.3. The van der Waals surface area contributed by atoms with Crippen molar-refractivity contribution in [1.29, 1.82) is 0 Å². The van der Waals surface area contributed by atoms with Crippen LogP contribution in [-0.2, 0) is 19.1 Å². The minimum absolute atomic E-state index is 0.142. The van der Waals surface area contributed by atoms with Crippen molar-refractivity contribution in [3.63, 3.8) is 0 Å². The van der Waals surface area contributed by atoms with Crippen LogP contribution in [0.15, 0.2) is 24.3 Å². The molecule has 102 valence electrons. The Labute approximate surface area is 112 Å². The smallest absolute Gasteiger partial charge is 0.334 e. The monoisotopic (exact) mass is 262 g/mol. The lowest BCUT2D eigenvalue weighted by Crippen LogP contribution is -2.40. The van der Waals surface area contributed by atoms with E-state index in [-0.39, 0.29) is 11.3 Å². The highest BCUT2D eigenvalue weighted by Crippen LogP contribution is 2.86. The standard InChI is InChI=1S/C15H18O4/c1-4-15-9-5-6-10(15)13(15)12(9)8(14(17)19-3)7-11(16)18-2/h4,7,9-10,12-13H,1,5-6H2,2-3H3/b8-7-/t9-,10+,12+,13+,15-/m0/s1. The molecule has 0 spiro atoms. The summed E-state index contributed by atoms with van der Waals surface area (Å²) in [6.45, 7) is 3.95. The van der Waals surface area contributed by atoms with E-state index < -0.39 is 11.9 Å². The van der Waals surface area contributed by atoms with E-state index in [1.165, 1.54) is 26.7 Å². The molecule has 0 aromatic heterocycles. The van der Waals surface area contributed by atoms with Gasteiger partial charge in [0.15, 0.2) is 0 Å². The summed E-state index contributed by atoms with van der Waals surface area (Å²) < 4.78 is 9.45. The molecule has 0 aromatic rings. The van der Waals surface area contributed by atoms with Gasteiger partial charge in [0.1, 0.15) is 0 Å². The van der Waals surface area contributed by atoms with Crippen LogP contribution in [-0.4, -0.2) is 26.2 Å². The van der Waals surface area contributed by atoms with E-state index in [4.69, 9.17) is 4.74 Å². The third kappa shape index (κ3) is 1.34. The number of carbonyl (C=O) groups is 2. The Morgan fingerprint density at radius 2 is 1.89 bits per heavy atom. The highest BCUT2D eigenvalue weighted by atomic mass is 16.5. The molecule has 4 heteroatoms. The number of esters is 2. The summed E-state index contributed by atoms with van der Waals surface area (Å²) in [6.07, 6.45) is 5.68. The Morgan fingerprint density at radius 3 is 2.37 bits per heavy atom. The fourth-order valence-corrected chi connectivity index (χ4v) is 4.72. The average molecular weight is 262 g/mol. The largest absolute Gasteiger partial charge is 0.466 e. The topological polar surface area (TPSA) is 52.6 Å². The summed E-state index contributed by atoms with van der Waals surface area (Å²) in [5.41, 5.74) is 0.720. The minimum atomic E-state index is -0.493. The van der Waals surface area contributed by atoms with Gasteiger partial charge in [-0.05, 0) is 41.9 Å². The van der Waals surface area contributed by atoms with Crippen molar-refractivity contribution in [2.45, 2.75) is 12.8 Å². The van der Waals surface area contributed by atoms with Gasteiger partial charge in [0, 0.05) is 11.6 Å². The molecule has 3 aliphatic carbocycles. The van der Waals surface area contributed by atoms with Crippen molar-refractivity contribution in [2.75, 3.05) is 14.2 Å². The molecule has 0 amide bonds. The number of rotatable bonds is 4. The Kier molecular flexibility index (Phi) is 2.59. The summed E-state index contributed by atoms with van der Waals surface area (Å²) in [5.74, 6) is 0.793. The van der Waals surface area contributed by atoms with Crippen LogP contribution in [0.3, 0.4) is 0 Å². The maximum absolute atomic E-state index is 11.9. The number of hydrogen-bond acceptors (Lipinski definition) is 4. The van der Waals surface area contributed by atoms with Crippen molar-refractivity contribution in [1.82, 2.24) is 0 Å². The van der Waals surface area contributed by atoms with Gasteiger partial charge in [-0.1, -0.05) is 6.08 Å². The molecule has 0 saturated heterocycles. The van der Waals surface area contributed by atoms with E-state index in [1.807, 2.05) is 0 Å². The molecule has 0 bridgehead atoms. The molecule has 0 heterocycles. The van der Waals surface area contributed by atoms with Gasteiger partial charge in [-0.2, -0.15) is 0 Å². The second kappa shape index (κ2) is 3.95. The molecular formula is C15H18O4. The lowest BCUT2D eigenvalue weighted by molar-refractivity contribution is -0.140. The average Bonchev–Trinajstić information content (AvgIpc) is 2.86. The first kappa shape index (κ1) is 12.5. The van der Waals surface area contributed by atoms with E-state index in [2.05, 4.69) is 17.4 Å². The summed E-state index contributed by atoms with van der Waals surface area (Å²) in [5, 5.41) is 0. The maximum atomic E-state index is 11.9. The van der Waals surface area contributed by atoms with E-state index in [9.17, 15) is 9.59 Å². The van der Waals surface area contributed by atoms with Gasteiger partial charge in [-0.15, -0.1) is 6.58 Å². The Hall–Kier alpha value is -1.58. The summed E-state index contributed by atoms with van der Waals surface area (Å²) in [6, 6.07) is 0. The van der Waals surface area contributed by atoms with Crippen LogP contribution in [0.4, 0.5) is 0 Å². The lowest BCUT2D eigenvalue weighted by atomic mass is 9.60. The van der Waals surface area contributed by atoms with Gasteiger partial charge in [-0.3, -0.25) is 0 Å². The van der Waals surface area contributed by atoms with Crippen LogP contribution in [0.2, 0.25) is 0 Å². The molecule has 3 aliphatic rings. The molecule has 3 saturated carbocycles. The number of carbonyl (C=O) groups excluding carboxylic acids is 2. The SMILES string of the molecule is C=C[C@]12[C@H]3[C@H](/C(=C/C(=O)OC)C(=O)OC)[C@@H]1CC[C@H]32. The highest BCUT2D eigenvalue weighted by Gasteiger charge is 2.82. The molecule has 3 rings (SSSR count). The number of methoxy groups -OCH3 is 2. The van der Waals surface area contributed by atoms with Crippen LogP contribution in [0.1, 0.15) is 12.8 Å². The highest BCUT2D eigenvalue weighted by molar-refractivity contribution is 5.97. The van der Waals surface area contributed by atoms with Gasteiger partial charge >= 0.3 is 11.9 Å². The lowest BCUT2D eigenvalue weighted by Gasteiger charge is -2.43. The first-order valence-electron chi connectivity index (χ1n) is 6.63. The zero-order valence-corrected chi connectivity index (χ0v) is 11.2. The third-order valence-corrected chi connectivity index (χ3v) is 5.40. The quantitative estimate of drug-likeness (QED) is 0.440. The van der Waals surface area contributed by atoms with Gasteiger partial charge in [0.25, 0.3) is 0 Å². The van der Waals surface area contributed by atoms with Gasteiger partial charge in [0.2, 0.25) is 0 Å². The first-order valence-corrected chi connectivity index (χ1v) is 6.63. The fourth-order valence-electron chi connectivity index (χ4n) is 4.72. The number of allylic oxidation sites excluding steroid dienone is 1. The van der Waals surface area contributed by atoms with E-state index >= 15 is 0 Å². The minimum Gasteiger partial charge on any atom is -0.466 e. The molecule has 19 heavy (non-hydrogen) atoms. The molecule has 0 aliphatic heterocycles. The normalized spacial score (nSPS) is 41.9. The van der Waals surface area contributed by atoms with Crippen LogP contribution >= 0.6 is 0 Å². The van der Waals surface area contributed by atoms with Gasteiger partial charge < -0.3 is 9.47 Å². The fraction of sp³-hybridized carbons (Fsp3) is 0.600. The van der Waals surface area contributed by atoms with Crippen molar-refractivity contribution < 1.29 is 19.1 Å². The van der Waals surface area contributed by atoms with Crippen LogP contribution in [0.25, 0.3) is 0 Å². The van der Waals surface area contributed by atoms with Crippen molar-refractivity contribution >= 4 is 11.9 Å². The molecular weight excluding hydrogens is 244 g/mol. The van der Waals surface area contributed by atoms with E-state index in [0.29, 0.717) is 23.3 Å². The predicted molar refractivity (Wildman–Crippen MR) is 67.9 cm³/mol. The molecule has 5 atom stereocenters. The zero-order chi connectivity index (χ0) is 13.8. The van der Waals surface area contributed by atoms with Gasteiger partial charge in [-0.25, -0.2) is 9.59 Å². The van der Waals surface area contributed by atoms with Crippen LogP contribution in [0.5, 0.6) is 0 Å². The third-order valence-electron chi connectivity index (χ3n) is 5.40. The number of ether oxygens (including phenoxy) is 2. The predicted octanol–water partition coefficient (Wildman–Crippen LogP) is 1.72.